The van der Waals surface area contributed by atoms with Crippen LogP contribution in [-0.4, -0.2) is 9.13 Å². The molecule has 0 radical (unpaired) electrons. The van der Waals surface area contributed by atoms with Crippen LogP contribution in [0.2, 0.25) is 0 Å². The van der Waals surface area contributed by atoms with Crippen molar-refractivity contribution < 1.29 is 4.39 Å². The van der Waals surface area contributed by atoms with Gasteiger partial charge in [0.1, 0.15) is 5.82 Å². The summed E-state index contributed by atoms with van der Waals surface area (Å²) in [5, 5.41) is 0. The van der Waals surface area contributed by atoms with E-state index in [9.17, 15) is 9.18 Å². The van der Waals surface area contributed by atoms with Gasteiger partial charge in [-0.1, -0.05) is 12.1 Å². The monoisotopic (exact) mass is 310 g/mol. The smallest absolute Gasteiger partial charge is 0.296 e. The van der Waals surface area contributed by atoms with Gasteiger partial charge in [0.05, 0.1) is 11.0 Å². The summed E-state index contributed by atoms with van der Waals surface area (Å²) in [6.45, 7) is 0.386. The summed E-state index contributed by atoms with van der Waals surface area (Å²) in [7, 11) is 0. The first kappa shape index (κ1) is 11.7. The molecule has 0 aliphatic heterocycles. The number of aromatic nitrogens is 2. The molecule has 1 aromatic heterocycles. The fraction of sp³-hybridized carbons (Fsp3) is 0.308. The number of halogens is 2. The summed E-state index contributed by atoms with van der Waals surface area (Å²) >= 11 is 3.21. The standard InChI is InChI=1S/C13H12BrFN2O/c14-12-9(2-1-3-11(12)15)8-16-6-7-17(13(16)18)10-4-5-10/h1-3,6-7,10H,4-5,8H2. The fourth-order valence-corrected chi connectivity index (χ4v) is 2.42. The van der Waals surface area contributed by atoms with Gasteiger partial charge in [0, 0.05) is 18.4 Å². The molecule has 94 valence electrons. The van der Waals surface area contributed by atoms with Crippen molar-refractivity contribution in [1.29, 1.82) is 0 Å². The van der Waals surface area contributed by atoms with Gasteiger partial charge in [-0.05, 0) is 40.4 Å². The molecule has 1 heterocycles. The molecule has 1 fully saturated rings. The number of rotatable bonds is 3. The zero-order valence-electron chi connectivity index (χ0n) is 9.64. The van der Waals surface area contributed by atoms with E-state index in [4.69, 9.17) is 0 Å². The maximum absolute atomic E-state index is 13.4. The van der Waals surface area contributed by atoms with E-state index in [0.29, 0.717) is 17.1 Å². The molecule has 1 aliphatic rings. The third-order valence-corrected chi connectivity index (χ3v) is 4.07. The molecule has 0 bridgehead atoms. The second kappa shape index (κ2) is 4.39. The Morgan fingerprint density at radius 2 is 2.11 bits per heavy atom. The third-order valence-electron chi connectivity index (χ3n) is 3.19. The molecule has 1 aliphatic carbocycles. The molecule has 0 atom stereocenters. The molecule has 1 saturated carbocycles. The van der Waals surface area contributed by atoms with Crippen LogP contribution < -0.4 is 5.69 Å². The van der Waals surface area contributed by atoms with Crippen LogP contribution in [0, 0.1) is 5.82 Å². The molecule has 5 heteroatoms. The van der Waals surface area contributed by atoms with Gasteiger partial charge in [0.15, 0.2) is 0 Å². The van der Waals surface area contributed by atoms with E-state index in [2.05, 4.69) is 15.9 Å². The molecule has 0 spiro atoms. The van der Waals surface area contributed by atoms with Crippen molar-refractivity contribution in [3.63, 3.8) is 0 Å². The maximum atomic E-state index is 13.4. The first-order valence-corrected chi connectivity index (χ1v) is 6.66. The zero-order chi connectivity index (χ0) is 12.7. The van der Waals surface area contributed by atoms with Crippen molar-refractivity contribution in [2.75, 3.05) is 0 Å². The number of nitrogens with zero attached hydrogens (tertiary/aromatic N) is 2. The summed E-state index contributed by atoms with van der Waals surface area (Å²) in [4.78, 5) is 12.1. The van der Waals surface area contributed by atoms with Gasteiger partial charge in [-0.2, -0.15) is 0 Å². The van der Waals surface area contributed by atoms with E-state index in [1.807, 2.05) is 12.3 Å². The molecule has 0 unspecified atom stereocenters. The molecule has 0 amide bonds. The Kier molecular flexibility index (Phi) is 2.86. The molecular formula is C13H12BrFN2O. The van der Waals surface area contributed by atoms with Crippen LogP contribution in [0.4, 0.5) is 4.39 Å². The SMILES string of the molecule is O=c1n(Cc2cccc(F)c2Br)ccn1C1CC1. The van der Waals surface area contributed by atoms with Crippen LogP contribution in [0.25, 0.3) is 0 Å². The van der Waals surface area contributed by atoms with Gasteiger partial charge in [-0.3, -0.25) is 9.13 Å². The summed E-state index contributed by atoms with van der Waals surface area (Å²) in [5.41, 5.74) is 0.749. The average molecular weight is 311 g/mol. The zero-order valence-corrected chi connectivity index (χ0v) is 11.2. The van der Waals surface area contributed by atoms with Crippen molar-refractivity contribution >= 4 is 15.9 Å². The van der Waals surface area contributed by atoms with Crippen molar-refractivity contribution in [3.05, 3.63) is 56.9 Å². The molecular weight excluding hydrogens is 299 g/mol. The number of hydrogen-bond acceptors (Lipinski definition) is 1. The first-order chi connectivity index (χ1) is 8.66. The van der Waals surface area contributed by atoms with Crippen LogP contribution in [0.3, 0.4) is 0 Å². The van der Waals surface area contributed by atoms with Crippen molar-refractivity contribution in [2.45, 2.75) is 25.4 Å². The highest BCUT2D eigenvalue weighted by molar-refractivity contribution is 9.10. The minimum atomic E-state index is -0.304. The molecule has 18 heavy (non-hydrogen) atoms. The van der Waals surface area contributed by atoms with Crippen LogP contribution in [0.5, 0.6) is 0 Å². The molecule has 2 aromatic rings. The van der Waals surface area contributed by atoms with Gasteiger partial charge in [-0.25, -0.2) is 9.18 Å². The lowest BCUT2D eigenvalue weighted by atomic mass is 10.2. The number of benzene rings is 1. The Bertz CT molecular complexity index is 643. The van der Waals surface area contributed by atoms with Crippen LogP contribution in [0.15, 0.2) is 39.9 Å². The normalized spacial score (nSPS) is 15.0. The van der Waals surface area contributed by atoms with E-state index in [0.717, 1.165) is 18.4 Å². The number of hydrogen-bond donors (Lipinski definition) is 0. The lowest BCUT2D eigenvalue weighted by molar-refractivity contribution is 0.612. The maximum Gasteiger partial charge on any atom is 0.328 e. The summed E-state index contributed by atoms with van der Waals surface area (Å²) in [6, 6.07) is 5.23. The Labute approximate surface area is 112 Å². The van der Waals surface area contributed by atoms with Gasteiger partial charge >= 0.3 is 5.69 Å². The highest BCUT2D eigenvalue weighted by Gasteiger charge is 2.25. The highest BCUT2D eigenvalue weighted by atomic mass is 79.9. The van der Waals surface area contributed by atoms with Gasteiger partial charge in [0.2, 0.25) is 0 Å². The quantitative estimate of drug-likeness (QED) is 0.856. The average Bonchev–Trinajstić information content (AvgIpc) is 3.12. The molecule has 3 rings (SSSR count). The van der Waals surface area contributed by atoms with Gasteiger partial charge in [-0.15, -0.1) is 0 Å². The summed E-state index contributed by atoms with van der Waals surface area (Å²) in [5.74, 6) is -0.304. The van der Waals surface area contributed by atoms with Gasteiger partial charge in [0.25, 0.3) is 0 Å². The minimum absolute atomic E-state index is 0.0198. The third kappa shape index (κ3) is 2.03. The Morgan fingerprint density at radius 1 is 1.33 bits per heavy atom. The molecule has 0 N–H and O–H groups in total. The van der Waals surface area contributed by atoms with E-state index in [1.54, 1.807) is 21.4 Å². The van der Waals surface area contributed by atoms with E-state index in [1.165, 1.54) is 6.07 Å². The van der Waals surface area contributed by atoms with E-state index in [-0.39, 0.29) is 11.5 Å². The van der Waals surface area contributed by atoms with Crippen molar-refractivity contribution in [3.8, 4) is 0 Å². The largest absolute Gasteiger partial charge is 0.328 e. The van der Waals surface area contributed by atoms with E-state index >= 15 is 0 Å². The predicted octanol–water partition coefficient (Wildman–Crippen LogP) is 2.93. The van der Waals surface area contributed by atoms with Crippen LogP contribution >= 0.6 is 15.9 Å². The number of imidazole rings is 1. The Balaban J connectivity index is 1.92. The first-order valence-electron chi connectivity index (χ1n) is 5.87. The Morgan fingerprint density at radius 3 is 2.83 bits per heavy atom. The molecule has 1 aromatic carbocycles. The summed E-state index contributed by atoms with van der Waals surface area (Å²) in [6.07, 6.45) is 5.73. The molecule has 3 nitrogen and oxygen atoms in total. The van der Waals surface area contributed by atoms with Gasteiger partial charge < -0.3 is 0 Å². The van der Waals surface area contributed by atoms with Crippen molar-refractivity contribution in [2.24, 2.45) is 0 Å². The second-order valence-electron chi connectivity index (χ2n) is 4.56. The van der Waals surface area contributed by atoms with Crippen LogP contribution in [0.1, 0.15) is 24.4 Å². The summed E-state index contributed by atoms with van der Waals surface area (Å²) < 4.78 is 17.2. The Hall–Kier alpha value is -1.36. The van der Waals surface area contributed by atoms with Crippen LogP contribution in [-0.2, 0) is 6.54 Å². The lowest BCUT2D eigenvalue weighted by Crippen LogP contribution is -2.23. The second-order valence-corrected chi connectivity index (χ2v) is 5.35. The van der Waals surface area contributed by atoms with E-state index < -0.39 is 0 Å². The lowest BCUT2D eigenvalue weighted by Gasteiger charge is -2.05. The fourth-order valence-electron chi connectivity index (χ4n) is 2.03. The highest BCUT2D eigenvalue weighted by Crippen LogP contribution is 2.33. The topological polar surface area (TPSA) is 26.9 Å². The predicted molar refractivity (Wildman–Crippen MR) is 70.2 cm³/mol. The minimum Gasteiger partial charge on any atom is -0.296 e. The molecule has 0 saturated heterocycles. The van der Waals surface area contributed by atoms with Crippen molar-refractivity contribution in [1.82, 2.24) is 9.13 Å².